The lowest BCUT2D eigenvalue weighted by molar-refractivity contribution is 0.483. The maximum atomic E-state index is 10.4. The van der Waals surface area contributed by atoms with E-state index in [9.17, 15) is 8.42 Å². The molecule has 3 aromatic carbocycles. The van der Waals surface area contributed by atoms with Gasteiger partial charge in [0.2, 0.25) is 0 Å². The average Bonchev–Trinajstić information content (AvgIpc) is 2.69. The molecule has 4 nitrogen and oxygen atoms in total. The molecule has 28 heavy (non-hydrogen) atoms. The third-order valence-corrected chi connectivity index (χ3v) is 5.29. The Morgan fingerprint density at radius 2 is 1.14 bits per heavy atom. The van der Waals surface area contributed by atoms with Gasteiger partial charge in [-0.05, 0) is 44.0 Å². The predicted octanol–water partition coefficient (Wildman–Crippen LogP) is 5.34. The standard InChI is InChI=1S/C17H21N.C6H6O3S/c1-13-9-11-17(12-10-13)15(3)18-14(2)16-7-5-4-6-8-16;7-10(8,9)6-4-2-1-3-5-6/h4-12,14-15,18H,1-3H3;1-5H,(H,7,8,9)/t14-,15?;/m1./s1. The van der Waals surface area contributed by atoms with E-state index in [1.807, 2.05) is 0 Å². The van der Waals surface area contributed by atoms with Gasteiger partial charge < -0.3 is 5.32 Å². The van der Waals surface area contributed by atoms with Crippen LogP contribution >= 0.6 is 0 Å². The van der Waals surface area contributed by atoms with Crippen molar-refractivity contribution in [2.75, 3.05) is 0 Å². The molecule has 0 spiro atoms. The smallest absolute Gasteiger partial charge is 0.294 e. The van der Waals surface area contributed by atoms with E-state index < -0.39 is 10.1 Å². The number of nitrogens with one attached hydrogen (secondary N) is 1. The number of hydrogen-bond donors (Lipinski definition) is 2. The van der Waals surface area contributed by atoms with Crippen molar-refractivity contribution in [2.24, 2.45) is 0 Å². The molecule has 2 N–H and O–H groups in total. The zero-order chi connectivity index (χ0) is 20.6. The minimum atomic E-state index is -4.00. The maximum absolute atomic E-state index is 10.4. The lowest BCUT2D eigenvalue weighted by atomic mass is 10.0. The van der Waals surface area contributed by atoms with E-state index >= 15 is 0 Å². The molecule has 0 fully saturated rings. The molecular formula is C23H27NO3S. The Labute approximate surface area is 168 Å². The van der Waals surface area contributed by atoms with Crippen LogP contribution in [0.3, 0.4) is 0 Å². The van der Waals surface area contributed by atoms with Crippen molar-refractivity contribution < 1.29 is 13.0 Å². The van der Waals surface area contributed by atoms with Gasteiger partial charge in [-0.15, -0.1) is 0 Å². The Balaban J connectivity index is 0.000000237. The summed E-state index contributed by atoms with van der Waals surface area (Å²) in [5.74, 6) is 0. The SMILES string of the molecule is Cc1ccc(C(C)N[C@H](C)c2ccccc2)cc1.O=S(=O)(O)c1ccccc1. The largest absolute Gasteiger partial charge is 0.304 e. The molecule has 0 aromatic heterocycles. The van der Waals surface area contributed by atoms with Crippen molar-refractivity contribution in [1.82, 2.24) is 5.32 Å². The highest BCUT2D eigenvalue weighted by molar-refractivity contribution is 7.85. The number of benzene rings is 3. The second kappa shape index (κ2) is 10.2. The molecule has 0 aliphatic rings. The first-order valence-electron chi connectivity index (χ1n) is 9.17. The first-order chi connectivity index (χ1) is 13.3. The number of hydrogen-bond acceptors (Lipinski definition) is 3. The third kappa shape index (κ3) is 6.93. The summed E-state index contributed by atoms with van der Waals surface area (Å²) in [6.45, 7) is 6.54. The predicted molar refractivity (Wildman–Crippen MR) is 114 cm³/mol. The molecule has 2 atom stereocenters. The van der Waals surface area contributed by atoms with Crippen molar-refractivity contribution in [3.05, 3.63) is 102 Å². The fourth-order valence-electron chi connectivity index (χ4n) is 2.76. The Bertz CT molecular complexity index is 940. The van der Waals surface area contributed by atoms with Gasteiger partial charge >= 0.3 is 0 Å². The first kappa shape index (κ1) is 21.8. The van der Waals surface area contributed by atoms with E-state index in [0.717, 1.165) is 0 Å². The van der Waals surface area contributed by atoms with Crippen molar-refractivity contribution in [2.45, 2.75) is 37.8 Å². The Hall–Kier alpha value is -2.47. The average molecular weight is 398 g/mol. The molecule has 148 valence electrons. The van der Waals surface area contributed by atoms with Crippen molar-refractivity contribution in [3.8, 4) is 0 Å². The molecule has 0 heterocycles. The molecule has 3 rings (SSSR count). The van der Waals surface area contributed by atoms with Gasteiger partial charge in [-0.3, -0.25) is 4.55 Å². The fraction of sp³-hybridized carbons (Fsp3) is 0.217. The van der Waals surface area contributed by atoms with Gasteiger partial charge in [-0.25, -0.2) is 0 Å². The Morgan fingerprint density at radius 3 is 1.57 bits per heavy atom. The van der Waals surface area contributed by atoms with Crippen LogP contribution in [0, 0.1) is 6.92 Å². The molecule has 3 aromatic rings. The van der Waals surface area contributed by atoms with Crippen LogP contribution < -0.4 is 5.32 Å². The van der Waals surface area contributed by atoms with E-state index in [-0.39, 0.29) is 4.90 Å². The summed E-state index contributed by atoms with van der Waals surface area (Å²) in [7, 11) is -4.00. The van der Waals surface area contributed by atoms with Crippen LogP contribution in [0.15, 0.2) is 89.8 Å². The zero-order valence-corrected chi connectivity index (χ0v) is 17.2. The van der Waals surface area contributed by atoms with Crippen LogP contribution in [0.4, 0.5) is 0 Å². The zero-order valence-electron chi connectivity index (χ0n) is 16.4. The normalized spacial score (nSPS) is 13.1. The van der Waals surface area contributed by atoms with Crippen LogP contribution in [0.5, 0.6) is 0 Å². The van der Waals surface area contributed by atoms with Crippen molar-refractivity contribution >= 4 is 10.1 Å². The molecule has 0 radical (unpaired) electrons. The minimum absolute atomic E-state index is 0.0741. The lowest BCUT2D eigenvalue weighted by Gasteiger charge is -2.21. The minimum Gasteiger partial charge on any atom is -0.304 e. The fourth-order valence-corrected chi connectivity index (χ4v) is 3.26. The monoisotopic (exact) mass is 397 g/mol. The summed E-state index contributed by atoms with van der Waals surface area (Å²) >= 11 is 0. The highest BCUT2D eigenvalue weighted by Crippen LogP contribution is 2.19. The van der Waals surface area contributed by atoms with Crippen LogP contribution in [-0.4, -0.2) is 13.0 Å². The Morgan fingerprint density at radius 1 is 0.714 bits per heavy atom. The van der Waals surface area contributed by atoms with Crippen LogP contribution in [0.25, 0.3) is 0 Å². The quantitative estimate of drug-likeness (QED) is 0.570. The number of aryl methyl sites for hydroxylation is 1. The summed E-state index contributed by atoms with van der Waals surface area (Å²) in [4.78, 5) is -0.0741. The van der Waals surface area contributed by atoms with Gasteiger partial charge in [-0.1, -0.05) is 78.4 Å². The molecule has 0 amide bonds. The van der Waals surface area contributed by atoms with Crippen LogP contribution in [0.1, 0.15) is 42.6 Å². The van der Waals surface area contributed by atoms with Crippen molar-refractivity contribution in [1.29, 1.82) is 0 Å². The van der Waals surface area contributed by atoms with E-state index in [4.69, 9.17) is 4.55 Å². The number of rotatable bonds is 5. The molecule has 1 unspecified atom stereocenters. The Kier molecular flexibility index (Phi) is 7.93. The van der Waals surface area contributed by atoms with Gasteiger partial charge in [0.15, 0.2) is 0 Å². The lowest BCUT2D eigenvalue weighted by Crippen LogP contribution is -2.22. The van der Waals surface area contributed by atoms with Gasteiger partial charge in [0.1, 0.15) is 0 Å². The molecule has 0 saturated heterocycles. The van der Waals surface area contributed by atoms with Crippen molar-refractivity contribution in [3.63, 3.8) is 0 Å². The molecule has 5 heteroatoms. The van der Waals surface area contributed by atoms with E-state index in [2.05, 4.69) is 80.7 Å². The van der Waals surface area contributed by atoms with E-state index in [0.29, 0.717) is 12.1 Å². The van der Waals surface area contributed by atoms with Gasteiger partial charge in [0, 0.05) is 12.1 Å². The summed E-state index contributed by atoms with van der Waals surface area (Å²) in [5, 5.41) is 3.63. The van der Waals surface area contributed by atoms with Gasteiger partial charge in [0.25, 0.3) is 10.1 Å². The molecular weight excluding hydrogens is 370 g/mol. The highest BCUT2D eigenvalue weighted by Gasteiger charge is 2.10. The first-order valence-corrected chi connectivity index (χ1v) is 10.6. The van der Waals surface area contributed by atoms with E-state index in [1.165, 1.54) is 28.8 Å². The molecule has 0 bridgehead atoms. The maximum Gasteiger partial charge on any atom is 0.294 e. The second-order valence-electron chi connectivity index (χ2n) is 6.72. The third-order valence-electron chi connectivity index (χ3n) is 4.42. The topological polar surface area (TPSA) is 66.4 Å². The molecule has 0 saturated carbocycles. The van der Waals surface area contributed by atoms with Gasteiger partial charge in [-0.2, -0.15) is 8.42 Å². The summed E-state index contributed by atoms with van der Waals surface area (Å²) in [6, 6.07) is 27.4. The summed E-state index contributed by atoms with van der Waals surface area (Å²) < 4.78 is 29.2. The molecule has 0 aliphatic carbocycles. The summed E-state index contributed by atoms with van der Waals surface area (Å²) in [5.41, 5.74) is 3.97. The molecule has 0 aliphatic heterocycles. The second-order valence-corrected chi connectivity index (χ2v) is 8.14. The van der Waals surface area contributed by atoms with Gasteiger partial charge in [0.05, 0.1) is 4.90 Å². The van der Waals surface area contributed by atoms with Crippen LogP contribution in [-0.2, 0) is 10.1 Å². The van der Waals surface area contributed by atoms with Crippen LogP contribution in [0.2, 0.25) is 0 Å². The highest BCUT2D eigenvalue weighted by atomic mass is 32.2. The van der Waals surface area contributed by atoms with E-state index in [1.54, 1.807) is 18.2 Å². The summed E-state index contributed by atoms with van der Waals surface area (Å²) in [6.07, 6.45) is 0.